The number of nitrogens with one attached hydrogen (secondary N) is 2. The highest BCUT2D eigenvalue weighted by atomic mass is 16.5. The van der Waals surface area contributed by atoms with Crippen LogP contribution < -0.4 is 31.6 Å². The van der Waals surface area contributed by atoms with E-state index in [9.17, 15) is 29.4 Å². The average molecular weight is 979 g/mol. The van der Waals surface area contributed by atoms with Gasteiger partial charge in [0.05, 0.1) is 12.2 Å². The van der Waals surface area contributed by atoms with Crippen LogP contribution in [0.3, 0.4) is 0 Å². The average Bonchev–Trinajstić information content (AvgIpc) is 3.34. The van der Waals surface area contributed by atoms with Crippen molar-refractivity contribution in [2.75, 3.05) is 13.1 Å². The van der Waals surface area contributed by atoms with E-state index in [4.69, 9.17) is 31.2 Å². The summed E-state index contributed by atoms with van der Waals surface area (Å²) in [5.74, 6) is -0.760. The van der Waals surface area contributed by atoms with Crippen molar-refractivity contribution in [1.82, 2.24) is 10.6 Å². The summed E-state index contributed by atoms with van der Waals surface area (Å²) in [6.45, 7) is 5.14. The molecule has 0 saturated carbocycles. The van der Waals surface area contributed by atoms with Crippen LogP contribution in [0.15, 0.2) is 72.8 Å². The SMILES string of the molecule is CCCCCC(Oc1ccc(CC(N)C(=O)O)cc1)C(O)CC=CCCCCCCCC(=O)NCCNC(=O)CCCCCCCC=CCC(O)C(CCCCC)Oc1ccc(CC(N)C(=O)O)cc1. The Kier molecular flexibility index (Phi) is 34.1. The zero-order valence-electron chi connectivity index (χ0n) is 42.6. The van der Waals surface area contributed by atoms with Gasteiger partial charge < -0.3 is 52.0 Å². The van der Waals surface area contributed by atoms with E-state index in [1.165, 1.54) is 0 Å². The number of allylic oxidation sites excluding steroid dienone is 2. The highest BCUT2D eigenvalue weighted by Crippen LogP contribution is 2.23. The van der Waals surface area contributed by atoms with Crippen LogP contribution in [0.4, 0.5) is 0 Å². The third-order valence-electron chi connectivity index (χ3n) is 12.4. The van der Waals surface area contributed by atoms with E-state index in [1.807, 2.05) is 36.4 Å². The lowest BCUT2D eigenvalue weighted by atomic mass is 10.0. The Morgan fingerprint density at radius 3 is 1.23 bits per heavy atom. The second-order valence-electron chi connectivity index (χ2n) is 18.8. The first-order chi connectivity index (χ1) is 33.8. The molecule has 0 aliphatic heterocycles. The third kappa shape index (κ3) is 30.1. The van der Waals surface area contributed by atoms with Gasteiger partial charge in [0.15, 0.2) is 0 Å². The number of hydrogen-bond acceptors (Lipinski definition) is 10. The summed E-state index contributed by atoms with van der Waals surface area (Å²) in [7, 11) is 0. The summed E-state index contributed by atoms with van der Waals surface area (Å²) in [5, 5.41) is 45.9. The van der Waals surface area contributed by atoms with Crippen molar-refractivity contribution in [3.05, 3.63) is 84.0 Å². The van der Waals surface area contributed by atoms with Gasteiger partial charge in [0.25, 0.3) is 0 Å². The quantitative estimate of drug-likeness (QED) is 0.0229. The smallest absolute Gasteiger partial charge is 0.320 e. The number of rotatable bonds is 43. The van der Waals surface area contributed by atoms with Crippen molar-refractivity contribution in [2.45, 2.75) is 217 Å². The Bertz CT molecular complexity index is 1630. The maximum Gasteiger partial charge on any atom is 0.320 e. The number of amides is 2. The molecule has 394 valence electrons. The van der Waals surface area contributed by atoms with Crippen molar-refractivity contribution < 1.29 is 49.1 Å². The molecular weight excluding hydrogens is 889 g/mol. The fourth-order valence-corrected chi connectivity index (χ4v) is 8.04. The molecule has 0 radical (unpaired) electrons. The standard InChI is InChI=1S/C56H90N4O10/c1-3-5-19-27-51(69-45-35-31-43(32-36-45)41-47(57)55(65)66)49(61)25-21-15-11-7-9-13-17-23-29-53(63)59-39-40-60-54(64)30-24-18-14-10-8-12-16-22-26-50(62)52(28-20-6-4-2)70-46-37-33-44(34-38-46)42-48(58)56(67)68/h15-16,21-22,31-38,47-52,61-62H,3-14,17-20,23-30,39-42,57-58H2,1-2H3,(H,59,63)(H,60,64)(H,65,66)(H,67,68). The summed E-state index contributed by atoms with van der Waals surface area (Å²) in [6.07, 6.45) is 28.4. The van der Waals surface area contributed by atoms with E-state index >= 15 is 0 Å². The number of benzene rings is 2. The first kappa shape index (κ1) is 61.4. The van der Waals surface area contributed by atoms with Crippen molar-refractivity contribution in [2.24, 2.45) is 11.5 Å². The van der Waals surface area contributed by atoms with Gasteiger partial charge in [0.1, 0.15) is 35.8 Å². The topological polar surface area (TPSA) is 244 Å². The Balaban J connectivity index is 1.47. The van der Waals surface area contributed by atoms with Gasteiger partial charge in [-0.1, -0.05) is 127 Å². The molecule has 0 saturated heterocycles. The van der Waals surface area contributed by atoms with E-state index in [0.717, 1.165) is 140 Å². The number of aliphatic hydroxyl groups is 2. The van der Waals surface area contributed by atoms with Crippen molar-refractivity contribution >= 4 is 23.8 Å². The summed E-state index contributed by atoms with van der Waals surface area (Å²) in [4.78, 5) is 46.7. The lowest BCUT2D eigenvalue weighted by molar-refractivity contribution is -0.139. The van der Waals surface area contributed by atoms with E-state index in [2.05, 4.69) is 36.6 Å². The molecule has 0 spiro atoms. The highest BCUT2D eigenvalue weighted by Gasteiger charge is 2.22. The molecule has 0 aliphatic rings. The molecule has 10 N–H and O–H groups in total. The number of carbonyl (C=O) groups excluding carboxylic acids is 2. The van der Waals surface area contributed by atoms with Crippen molar-refractivity contribution in [1.29, 1.82) is 0 Å². The van der Waals surface area contributed by atoms with Crippen LogP contribution in [-0.4, -0.2) is 93.8 Å². The summed E-state index contributed by atoms with van der Waals surface area (Å²) < 4.78 is 12.4. The maximum atomic E-state index is 12.3. The molecule has 0 fully saturated rings. The Hall–Kier alpha value is -4.76. The highest BCUT2D eigenvalue weighted by molar-refractivity contribution is 5.77. The van der Waals surface area contributed by atoms with Crippen LogP contribution in [-0.2, 0) is 32.0 Å². The molecule has 2 amide bonds. The first-order valence-corrected chi connectivity index (χ1v) is 26.5. The first-order valence-electron chi connectivity index (χ1n) is 26.5. The van der Waals surface area contributed by atoms with E-state index in [1.54, 1.807) is 24.3 Å². The van der Waals surface area contributed by atoms with Crippen molar-refractivity contribution in [3.8, 4) is 11.5 Å². The van der Waals surface area contributed by atoms with Crippen LogP contribution in [0.5, 0.6) is 11.5 Å². The van der Waals surface area contributed by atoms with E-state index in [0.29, 0.717) is 50.3 Å². The number of nitrogens with two attached hydrogens (primary N) is 2. The summed E-state index contributed by atoms with van der Waals surface area (Å²) >= 11 is 0. The number of carboxylic acid groups (broad SMARTS) is 2. The van der Waals surface area contributed by atoms with Gasteiger partial charge in [-0.2, -0.15) is 0 Å². The van der Waals surface area contributed by atoms with Gasteiger partial charge >= 0.3 is 11.9 Å². The molecule has 0 aliphatic carbocycles. The van der Waals surface area contributed by atoms with Gasteiger partial charge in [-0.25, -0.2) is 0 Å². The van der Waals surface area contributed by atoms with Crippen LogP contribution >= 0.6 is 0 Å². The summed E-state index contributed by atoms with van der Waals surface area (Å²) in [6, 6.07) is 12.6. The van der Waals surface area contributed by atoms with Crippen LogP contribution in [0.25, 0.3) is 0 Å². The minimum absolute atomic E-state index is 0.0124. The number of aliphatic carboxylic acids is 2. The predicted octanol–water partition coefficient (Wildman–Crippen LogP) is 9.26. The second kappa shape index (κ2) is 38.9. The number of hydrogen-bond donors (Lipinski definition) is 8. The summed E-state index contributed by atoms with van der Waals surface area (Å²) in [5.41, 5.74) is 13.0. The van der Waals surface area contributed by atoms with E-state index in [-0.39, 0.29) is 36.9 Å². The van der Waals surface area contributed by atoms with Gasteiger partial charge in [-0.3, -0.25) is 19.2 Å². The second-order valence-corrected chi connectivity index (χ2v) is 18.8. The van der Waals surface area contributed by atoms with Gasteiger partial charge in [0, 0.05) is 25.9 Å². The Morgan fingerprint density at radius 2 is 0.871 bits per heavy atom. The lowest BCUT2D eigenvalue weighted by Gasteiger charge is -2.24. The van der Waals surface area contributed by atoms with Crippen LogP contribution in [0, 0.1) is 0 Å². The van der Waals surface area contributed by atoms with Gasteiger partial charge in [-0.05, 0) is 125 Å². The number of unbranched alkanes of at least 4 members (excludes halogenated alkanes) is 14. The molecule has 0 aromatic heterocycles. The lowest BCUT2D eigenvalue weighted by Crippen LogP contribution is -2.34. The fraction of sp³-hybridized carbons (Fsp3) is 0.643. The predicted molar refractivity (Wildman–Crippen MR) is 279 cm³/mol. The largest absolute Gasteiger partial charge is 0.488 e. The molecule has 2 aromatic carbocycles. The number of carboxylic acids is 2. The van der Waals surface area contributed by atoms with Crippen LogP contribution in [0.2, 0.25) is 0 Å². The molecule has 14 nitrogen and oxygen atoms in total. The molecule has 2 rings (SSSR count). The monoisotopic (exact) mass is 979 g/mol. The Labute approximate surface area is 419 Å². The zero-order valence-corrected chi connectivity index (χ0v) is 42.6. The third-order valence-corrected chi connectivity index (χ3v) is 12.4. The number of aliphatic hydroxyl groups excluding tert-OH is 2. The maximum absolute atomic E-state index is 12.3. The molecule has 14 heteroatoms. The number of ether oxygens (including phenoxy) is 2. The number of carbonyl (C=O) groups is 4. The minimum Gasteiger partial charge on any atom is -0.488 e. The van der Waals surface area contributed by atoms with Crippen LogP contribution in [0.1, 0.15) is 179 Å². The molecule has 6 atom stereocenters. The fourth-order valence-electron chi connectivity index (χ4n) is 8.04. The molecule has 70 heavy (non-hydrogen) atoms. The molecule has 0 heterocycles. The van der Waals surface area contributed by atoms with Gasteiger partial charge in [0.2, 0.25) is 11.8 Å². The minimum atomic E-state index is -1.03. The van der Waals surface area contributed by atoms with Gasteiger partial charge in [-0.15, -0.1) is 0 Å². The normalized spacial score (nSPS) is 14.2. The zero-order chi connectivity index (χ0) is 51.2. The van der Waals surface area contributed by atoms with E-state index < -0.39 is 36.2 Å². The molecule has 2 aromatic rings. The molecular formula is C56H90N4O10. The van der Waals surface area contributed by atoms with Crippen molar-refractivity contribution in [3.63, 3.8) is 0 Å². The Morgan fingerprint density at radius 1 is 0.514 bits per heavy atom. The molecule has 0 bridgehead atoms. The molecule has 6 unspecified atom stereocenters.